The molecule has 0 aliphatic heterocycles. The Morgan fingerprint density at radius 3 is 2.92 bits per heavy atom. The molecule has 13 nitrogen and oxygen atoms in total. The van der Waals surface area contributed by atoms with Crippen LogP contribution in [0, 0.1) is 6.92 Å². The van der Waals surface area contributed by atoms with Gasteiger partial charge in [0.15, 0.2) is 5.82 Å². The van der Waals surface area contributed by atoms with Crippen molar-refractivity contribution in [2.45, 2.75) is 39.1 Å². The molecule has 5 rings (SSSR count). The van der Waals surface area contributed by atoms with Crippen molar-refractivity contribution in [1.29, 1.82) is 0 Å². The van der Waals surface area contributed by atoms with E-state index < -0.39 is 24.9 Å². The van der Waals surface area contributed by atoms with Gasteiger partial charge in [0.2, 0.25) is 11.7 Å². The molecule has 0 radical (unpaired) electrons. The number of pyridine rings is 1. The van der Waals surface area contributed by atoms with Crippen molar-refractivity contribution in [2.75, 3.05) is 5.32 Å². The summed E-state index contributed by atoms with van der Waals surface area (Å²) in [6.45, 7) is 2.31. The number of nitrogens with one attached hydrogen (secondary N) is 2. The lowest BCUT2D eigenvalue weighted by atomic mass is 10.1. The Balaban J connectivity index is 1.28. The zero-order chi connectivity index (χ0) is 26.6. The van der Waals surface area contributed by atoms with Gasteiger partial charge in [0.1, 0.15) is 24.1 Å². The molecule has 0 saturated carbocycles. The maximum atomic E-state index is 13.1. The van der Waals surface area contributed by atoms with E-state index in [1.54, 1.807) is 34.9 Å². The number of hydrogen-bond acceptors (Lipinski definition) is 10. The van der Waals surface area contributed by atoms with Crippen LogP contribution in [0.3, 0.4) is 0 Å². The maximum absolute atomic E-state index is 13.1. The minimum atomic E-state index is -2.92. The Morgan fingerprint density at radius 1 is 1.26 bits per heavy atom. The van der Waals surface area contributed by atoms with Crippen molar-refractivity contribution >= 4 is 17.2 Å². The molecule has 1 atom stereocenters. The molecule has 38 heavy (non-hydrogen) atoms. The lowest BCUT2D eigenvalue weighted by Crippen LogP contribution is -2.20. The number of imidazole rings is 1. The fourth-order valence-electron chi connectivity index (χ4n) is 3.59. The van der Waals surface area contributed by atoms with E-state index in [2.05, 4.69) is 41.1 Å². The molecule has 0 saturated heterocycles. The maximum Gasteiger partial charge on any atom is 0.274 e. The number of aromatic amines is 1. The van der Waals surface area contributed by atoms with Crippen LogP contribution in [0.25, 0.3) is 17.0 Å². The van der Waals surface area contributed by atoms with Crippen molar-refractivity contribution in [3.8, 4) is 11.4 Å². The van der Waals surface area contributed by atoms with E-state index in [0.29, 0.717) is 35.0 Å². The summed E-state index contributed by atoms with van der Waals surface area (Å²) in [6.07, 6.45) is -2.10. The van der Waals surface area contributed by atoms with Gasteiger partial charge in [-0.15, -0.1) is 10.2 Å². The van der Waals surface area contributed by atoms with Crippen molar-refractivity contribution in [3.63, 3.8) is 0 Å². The molecule has 196 valence electrons. The highest BCUT2D eigenvalue weighted by Gasteiger charge is 2.21. The third kappa shape index (κ3) is 5.52. The Bertz CT molecular complexity index is 1550. The number of amides is 1. The second kappa shape index (κ2) is 10.8. The molecule has 3 N–H and O–H groups in total. The summed E-state index contributed by atoms with van der Waals surface area (Å²) < 4.78 is 37.4. The molecule has 0 spiro atoms. The van der Waals surface area contributed by atoms with Gasteiger partial charge in [0, 0.05) is 17.4 Å². The third-order valence-corrected chi connectivity index (χ3v) is 5.59. The van der Waals surface area contributed by atoms with Gasteiger partial charge < -0.3 is 19.7 Å². The summed E-state index contributed by atoms with van der Waals surface area (Å²) in [6, 6.07) is 8.72. The smallest absolute Gasteiger partial charge is 0.274 e. The highest BCUT2D eigenvalue weighted by molar-refractivity contribution is 6.04. The van der Waals surface area contributed by atoms with Crippen molar-refractivity contribution in [3.05, 3.63) is 71.3 Å². The van der Waals surface area contributed by atoms with Crippen molar-refractivity contribution in [1.82, 2.24) is 40.1 Å². The van der Waals surface area contributed by atoms with Gasteiger partial charge in [-0.1, -0.05) is 22.5 Å². The predicted molar refractivity (Wildman–Crippen MR) is 126 cm³/mol. The summed E-state index contributed by atoms with van der Waals surface area (Å²) in [5, 5.41) is 29.5. The Hall–Kier alpha value is -4.63. The number of rotatable bonds is 10. The molecule has 1 amide bonds. The molecule has 0 bridgehead atoms. The number of aliphatic hydroxyl groups excluding tert-OH is 1. The number of aromatic nitrogens is 8. The van der Waals surface area contributed by atoms with Gasteiger partial charge in [0.05, 0.1) is 19.2 Å². The highest BCUT2D eigenvalue weighted by Crippen LogP contribution is 2.25. The van der Waals surface area contributed by atoms with Gasteiger partial charge in [-0.2, -0.15) is 10.2 Å². The van der Waals surface area contributed by atoms with E-state index in [9.17, 15) is 18.7 Å². The zero-order valence-electron chi connectivity index (χ0n) is 19.9. The number of nitrogens with zero attached hydrogens (tertiary/aromatic N) is 7. The molecule has 1 aromatic carbocycles. The number of aryl methyl sites for hydroxylation is 1. The molecule has 15 heteroatoms. The number of fused-ring (bicyclic) bond motifs is 1. The van der Waals surface area contributed by atoms with E-state index in [1.807, 2.05) is 13.0 Å². The Labute approximate surface area is 212 Å². The number of halogens is 2. The van der Waals surface area contributed by atoms with E-state index in [4.69, 9.17) is 9.26 Å². The summed E-state index contributed by atoms with van der Waals surface area (Å²) >= 11 is 0. The monoisotopic (exact) mass is 525 g/mol. The number of tetrazole rings is 1. The van der Waals surface area contributed by atoms with Gasteiger partial charge in [0.25, 0.3) is 12.3 Å². The number of aliphatic hydroxyl groups is 1. The standard InChI is InChI=1S/C23H21F2N9O4/c1-12-2-3-14(22-28-20(38-31-22)8-17(35)21(24)25)7-15(12)27-23(36)16-9-26-19-6-13(4-5-34(16)19)10-37-11-18-29-32-33-30-18/h2-7,9,17,21,35H,8,10-11H2,1H3,(H,27,36)(H,29,30,32,33)/t17-/m0/s1. The van der Waals surface area contributed by atoms with Crippen LogP contribution >= 0.6 is 0 Å². The minimum absolute atomic E-state index is 0.121. The van der Waals surface area contributed by atoms with E-state index >= 15 is 0 Å². The van der Waals surface area contributed by atoms with Crippen molar-refractivity contribution < 1.29 is 27.9 Å². The third-order valence-electron chi connectivity index (χ3n) is 5.59. The molecular formula is C23H21F2N9O4. The number of alkyl halides is 2. The number of benzene rings is 1. The lowest BCUT2D eigenvalue weighted by molar-refractivity contribution is -0.00754. The Kier molecular flexibility index (Phi) is 7.10. The summed E-state index contributed by atoms with van der Waals surface area (Å²) in [5.41, 5.74) is 3.49. The highest BCUT2D eigenvalue weighted by atomic mass is 19.3. The molecular weight excluding hydrogens is 504 g/mol. The normalized spacial score (nSPS) is 12.3. The average Bonchev–Trinajstić information content (AvgIpc) is 3.66. The lowest BCUT2D eigenvalue weighted by Gasteiger charge is -2.10. The summed E-state index contributed by atoms with van der Waals surface area (Å²) in [7, 11) is 0. The molecule has 4 aromatic heterocycles. The van der Waals surface area contributed by atoms with E-state index in [1.165, 1.54) is 6.20 Å². The van der Waals surface area contributed by atoms with Gasteiger partial charge in [-0.3, -0.25) is 9.20 Å². The van der Waals surface area contributed by atoms with Crippen LogP contribution < -0.4 is 5.32 Å². The molecule has 0 fully saturated rings. The molecule has 5 aromatic rings. The van der Waals surface area contributed by atoms with Crippen LogP contribution in [0.4, 0.5) is 14.5 Å². The molecule has 0 unspecified atom stereocenters. The predicted octanol–water partition coefficient (Wildman–Crippen LogP) is 2.34. The SMILES string of the molecule is Cc1ccc(-c2noc(C[C@H](O)C(F)F)n2)cc1NC(=O)c1cnc2cc(COCc3nn[nH]n3)ccn12. The molecule has 0 aliphatic carbocycles. The zero-order valence-corrected chi connectivity index (χ0v) is 19.9. The fourth-order valence-corrected chi connectivity index (χ4v) is 3.59. The van der Waals surface area contributed by atoms with Crippen LogP contribution in [0.15, 0.2) is 47.2 Å². The molecule has 0 aliphatic rings. The Morgan fingerprint density at radius 2 is 2.13 bits per heavy atom. The second-order valence-corrected chi connectivity index (χ2v) is 8.33. The average molecular weight is 525 g/mol. The van der Waals surface area contributed by atoms with Gasteiger partial charge in [-0.05, 0) is 36.2 Å². The first-order chi connectivity index (χ1) is 18.4. The van der Waals surface area contributed by atoms with Crippen LogP contribution in [-0.2, 0) is 24.4 Å². The van der Waals surface area contributed by atoms with E-state index in [0.717, 1.165) is 11.1 Å². The number of ether oxygens (including phenoxy) is 1. The van der Waals surface area contributed by atoms with Gasteiger partial charge in [-0.25, -0.2) is 13.8 Å². The first-order valence-electron chi connectivity index (χ1n) is 11.3. The van der Waals surface area contributed by atoms with Crippen LogP contribution in [-0.4, -0.2) is 63.7 Å². The van der Waals surface area contributed by atoms with Crippen LogP contribution in [0.2, 0.25) is 0 Å². The molecule has 4 heterocycles. The second-order valence-electron chi connectivity index (χ2n) is 8.33. The van der Waals surface area contributed by atoms with Gasteiger partial charge >= 0.3 is 0 Å². The van der Waals surface area contributed by atoms with Crippen LogP contribution in [0.1, 0.15) is 33.3 Å². The van der Waals surface area contributed by atoms with E-state index in [-0.39, 0.29) is 18.3 Å². The largest absolute Gasteiger partial charge is 0.387 e. The number of anilines is 1. The number of carbonyl (C=O) groups is 1. The van der Waals surface area contributed by atoms with Crippen molar-refractivity contribution in [2.24, 2.45) is 0 Å². The van der Waals surface area contributed by atoms with Crippen LogP contribution in [0.5, 0.6) is 0 Å². The number of carbonyl (C=O) groups excluding carboxylic acids is 1. The first kappa shape index (κ1) is 25.0. The quantitative estimate of drug-likeness (QED) is 0.246. The fraction of sp³-hybridized carbons (Fsp3) is 0.261. The topological polar surface area (TPSA) is 169 Å². The first-order valence-corrected chi connectivity index (χ1v) is 11.3. The number of hydrogen-bond donors (Lipinski definition) is 3. The summed E-state index contributed by atoms with van der Waals surface area (Å²) in [4.78, 5) is 21.5. The minimum Gasteiger partial charge on any atom is -0.387 e. The number of H-pyrrole nitrogens is 1. The summed E-state index contributed by atoms with van der Waals surface area (Å²) in [5.74, 6) is 0.0633.